The van der Waals surface area contributed by atoms with Gasteiger partial charge in [-0.1, -0.05) is 15.9 Å². The highest BCUT2D eigenvalue weighted by Crippen LogP contribution is 2.32. The maximum Gasteiger partial charge on any atom is 0.0508 e. The molecule has 2 rings (SSSR count). The predicted molar refractivity (Wildman–Crippen MR) is 69.9 cm³/mol. The van der Waals surface area contributed by atoms with Crippen LogP contribution in [-0.4, -0.2) is 19.6 Å². The number of nitrogens with two attached hydrogens (primary N) is 1. The van der Waals surface area contributed by atoms with Crippen LogP contribution in [0.3, 0.4) is 0 Å². The van der Waals surface area contributed by atoms with E-state index in [4.69, 9.17) is 5.73 Å². The van der Waals surface area contributed by atoms with Gasteiger partial charge in [0.1, 0.15) is 0 Å². The summed E-state index contributed by atoms with van der Waals surface area (Å²) in [4.78, 5) is 0. The van der Waals surface area contributed by atoms with Crippen LogP contribution in [0.4, 0.5) is 5.69 Å². The van der Waals surface area contributed by atoms with Crippen molar-refractivity contribution in [1.29, 1.82) is 0 Å². The molecule has 0 saturated carbocycles. The summed E-state index contributed by atoms with van der Waals surface area (Å²) in [7, 11) is 0. The number of anilines is 1. The van der Waals surface area contributed by atoms with Gasteiger partial charge in [0.15, 0.2) is 0 Å². The topological polar surface area (TPSA) is 50.1 Å². The van der Waals surface area contributed by atoms with Crippen molar-refractivity contribution < 1.29 is 0 Å². The molecule has 5 heteroatoms. The van der Waals surface area contributed by atoms with Crippen LogP contribution in [0.25, 0.3) is 0 Å². The van der Waals surface area contributed by atoms with E-state index in [2.05, 4.69) is 48.6 Å². The molecule has 1 fully saturated rings. The second kappa shape index (κ2) is 4.82. The molecular weight excluding hydrogens is 322 g/mol. The van der Waals surface area contributed by atoms with Crippen LogP contribution >= 0.6 is 31.9 Å². The fraction of sp³-hybridized carbons (Fsp3) is 0.400. The van der Waals surface area contributed by atoms with E-state index < -0.39 is 0 Å². The Morgan fingerprint density at radius 2 is 2.07 bits per heavy atom. The molecule has 0 unspecified atom stereocenters. The average Bonchev–Trinajstić information content (AvgIpc) is 2.24. The zero-order chi connectivity index (χ0) is 10.8. The molecule has 1 aliphatic rings. The summed E-state index contributed by atoms with van der Waals surface area (Å²) in [5, 5.41) is 6.80. The van der Waals surface area contributed by atoms with E-state index in [9.17, 15) is 0 Å². The van der Waals surface area contributed by atoms with Gasteiger partial charge in [-0.15, -0.1) is 0 Å². The molecule has 0 bridgehead atoms. The minimum atomic E-state index is 0.299. The molecule has 0 radical (unpaired) electrons. The van der Waals surface area contributed by atoms with Gasteiger partial charge in [-0.3, -0.25) is 0 Å². The monoisotopic (exact) mass is 333 g/mol. The minimum Gasteiger partial charge on any atom is -0.398 e. The van der Waals surface area contributed by atoms with Gasteiger partial charge in [-0.2, -0.15) is 0 Å². The summed E-state index contributed by atoms with van der Waals surface area (Å²) >= 11 is 6.94. The molecule has 1 atom stereocenters. The third kappa shape index (κ3) is 2.53. The van der Waals surface area contributed by atoms with E-state index in [0.29, 0.717) is 6.04 Å². The number of nitrogens with one attached hydrogen (secondary N) is 2. The van der Waals surface area contributed by atoms with Crippen LogP contribution < -0.4 is 16.4 Å². The van der Waals surface area contributed by atoms with Gasteiger partial charge in [-0.05, 0) is 33.6 Å². The molecular formula is C10H13Br2N3. The van der Waals surface area contributed by atoms with Gasteiger partial charge in [0.05, 0.1) is 5.69 Å². The van der Waals surface area contributed by atoms with Crippen LogP contribution in [0, 0.1) is 0 Å². The lowest BCUT2D eigenvalue weighted by Gasteiger charge is -2.26. The Kier molecular flexibility index (Phi) is 3.66. The van der Waals surface area contributed by atoms with Crippen molar-refractivity contribution in [2.45, 2.75) is 6.04 Å². The summed E-state index contributed by atoms with van der Waals surface area (Å²) < 4.78 is 1.99. The SMILES string of the molecule is Nc1c(Br)cc(Br)cc1[C@@H]1CNCCN1. The molecule has 1 aliphatic heterocycles. The Hall–Kier alpha value is -0.100. The number of rotatable bonds is 1. The molecule has 82 valence electrons. The highest BCUT2D eigenvalue weighted by molar-refractivity contribution is 9.11. The van der Waals surface area contributed by atoms with Crippen LogP contribution in [0.1, 0.15) is 11.6 Å². The van der Waals surface area contributed by atoms with Gasteiger partial charge in [0.2, 0.25) is 0 Å². The van der Waals surface area contributed by atoms with Crippen molar-refractivity contribution in [1.82, 2.24) is 10.6 Å². The minimum absolute atomic E-state index is 0.299. The van der Waals surface area contributed by atoms with Crippen molar-refractivity contribution in [3.8, 4) is 0 Å². The van der Waals surface area contributed by atoms with Crippen molar-refractivity contribution in [2.24, 2.45) is 0 Å². The van der Waals surface area contributed by atoms with Crippen LogP contribution in [0.2, 0.25) is 0 Å². The van der Waals surface area contributed by atoms with Gasteiger partial charge >= 0.3 is 0 Å². The Bertz CT molecular complexity index is 362. The maximum absolute atomic E-state index is 6.05. The second-order valence-corrected chi connectivity index (χ2v) is 5.37. The van der Waals surface area contributed by atoms with E-state index in [1.54, 1.807) is 0 Å². The Morgan fingerprint density at radius 3 is 2.73 bits per heavy atom. The van der Waals surface area contributed by atoms with E-state index in [1.807, 2.05) is 6.07 Å². The first-order valence-electron chi connectivity index (χ1n) is 4.87. The molecule has 1 aromatic carbocycles. The fourth-order valence-electron chi connectivity index (χ4n) is 1.77. The normalized spacial score (nSPS) is 21.6. The summed E-state index contributed by atoms with van der Waals surface area (Å²) in [5.74, 6) is 0. The van der Waals surface area contributed by atoms with Gasteiger partial charge in [0, 0.05) is 34.6 Å². The van der Waals surface area contributed by atoms with E-state index in [1.165, 1.54) is 0 Å². The maximum atomic E-state index is 6.05. The average molecular weight is 335 g/mol. The van der Waals surface area contributed by atoms with Crippen LogP contribution in [-0.2, 0) is 0 Å². The van der Waals surface area contributed by atoms with Crippen LogP contribution in [0.15, 0.2) is 21.1 Å². The van der Waals surface area contributed by atoms with Crippen molar-refractivity contribution in [3.05, 3.63) is 26.6 Å². The molecule has 0 amide bonds. The highest BCUT2D eigenvalue weighted by Gasteiger charge is 2.18. The Labute approximate surface area is 106 Å². The first-order valence-corrected chi connectivity index (χ1v) is 6.45. The number of hydrogen-bond donors (Lipinski definition) is 3. The Morgan fingerprint density at radius 1 is 1.27 bits per heavy atom. The molecule has 15 heavy (non-hydrogen) atoms. The molecule has 0 aromatic heterocycles. The molecule has 1 saturated heterocycles. The lowest BCUT2D eigenvalue weighted by molar-refractivity contribution is 0.431. The third-order valence-electron chi connectivity index (χ3n) is 2.54. The first-order chi connectivity index (χ1) is 7.18. The van der Waals surface area contributed by atoms with Crippen molar-refractivity contribution >= 4 is 37.5 Å². The number of nitrogen functional groups attached to an aromatic ring is 1. The highest BCUT2D eigenvalue weighted by atomic mass is 79.9. The van der Waals surface area contributed by atoms with E-state index >= 15 is 0 Å². The number of benzene rings is 1. The summed E-state index contributed by atoms with van der Waals surface area (Å²) in [6, 6.07) is 4.34. The quantitative estimate of drug-likeness (QED) is 0.689. The van der Waals surface area contributed by atoms with E-state index in [0.717, 1.165) is 39.8 Å². The van der Waals surface area contributed by atoms with Gasteiger partial charge < -0.3 is 16.4 Å². The smallest absolute Gasteiger partial charge is 0.0508 e. The molecule has 0 spiro atoms. The van der Waals surface area contributed by atoms with E-state index in [-0.39, 0.29) is 0 Å². The number of hydrogen-bond acceptors (Lipinski definition) is 3. The fourth-order valence-corrected chi connectivity index (χ4v) is 3.02. The summed E-state index contributed by atoms with van der Waals surface area (Å²) in [6.45, 7) is 2.92. The first kappa shape index (κ1) is 11.4. The largest absolute Gasteiger partial charge is 0.398 e. The zero-order valence-electron chi connectivity index (χ0n) is 8.19. The molecule has 0 aliphatic carbocycles. The third-order valence-corrected chi connectivity index (χ3v) is 3.66. The van der Waals surface area contributed by atoms with Crippen molar-refractivity contribution in [3.63, 3.8) is 0 Å². The van der Waals surface area contributed by atoms with Gasteiger partial charge in [0.25, 0.3) is 0 Å². The Balaban J connectivity index is 2.33. The second-order valence-electron chi connectivity index (χ2n) is 3.60. The summed E-state index contributed by atoms with van der Waals surface area (Å²) in [5.41, 5.74) is 8.01. The zero-order valence-corrected chi connectivity index (χ0v) is 11.4. The van der Waals surface area contributed by atoms with Gasteiger partial charge in [-0.25, -0.2) is 0 Å². The molecule has 1 heterocycles. The van der Waals surface area contributed by atoms with Crippen molar-refractivity contribution in [2.75, 3.05) is 25.4 Å². The lowest BCUT2D eigenvalue weighted by atomic mass is 10.0. The summed E-state index contributed by atoms with van der Waals surface area (Å²) in [6.07, 6.45) is 0. The predicted octanol–water partition coefficient (Wildman–Crippen LogP) is 2.03. The standard InChI is InChI=1S/C10H13Br2N3/c11-6-3-7(10(13)8(12)4-6)9-5-14-1-2-15-9/h3-4,9,14-15H,1-2,5,13H2/t9-/m0/s1. The number of halogens is 2. The molecule has 4 N–H and O–H groups in total. The molecule has 3 nitrogen and oxygen atoms in total. The number of piperazine rings is 1. The van der Waals surface area contributed by atoms with Crippen LogP contribution in [0.5, 0.6) is 0 Å². The lowest BCUT2D eigenvalue weighted by Crippen LogP contribution is -2.42. The molecule has 1 aromatic rings.